The van der Waals surface area contributed by atoms with Gasteiger partial charge in [0.15, 0.2) is 11.6 Å². The predicted octanol–water partition coefficient (Wildman–Crippen LogP) is -0.733. The van der Waals surface area contributed by atoms with Crippen LogP contribution in [0.5, 0.6) is 0 Å². The molecule has 4 aromatic rings. The Balaban J connectivity index is 0.000000293. The summed E-state index contributed by atoms with van der Waals surface area (Å²) in [6.07, 6.45) is 4.00. The zero-order valence-electron chi connectivity index (χ0n) is 38.7. The topological polar surface area (TPSA) is 247 Å². The molecule has 26 heteroatoms. The number of nitrogens with two attached hydrogens (primary N) is 2. The van der Waals surface area contributed by atoms with E-state index in [1.807, 2.05) is 27.7 Å². The first-order chi connectivity index (χ1) is 30.9. The number of carbonyl (C=O) groups is 3. The molecule has 3 saturated heterocycles. The van der Waals surface area contributed by atoms with Gasteiger partial charge in [0, 0.05) is 56.0 Å². The van der Waals surface area contributed by atoms with E-state index in [0.717, 1.165) is 13.2 Å². The largest absolute Gasteiger partial charge is 1.00 e. The van der Waals surface area contributed by atoms with Gasteiger partial charge in [-0.2, -0.15) is 10.2 Å². The van der Waals surface area contributed by atoms with Crippen LogP contribution in [-0.4, -0.2) is 122 Å². The number of halogens is 2. The third kappa shape index (κ3) is 10.9. The summed E-state index contributed by atoms with van der Waals surface area (Å²) in [7, 11) is -1.13. The Kier molecular flexibility index (Phi) is 16.7. The molecule has 20 nitrogen and oxygen atoms in total. The Morgan fingerprint density at radius 3 is 1.76 bits per heavy atom. The van der Waals surface area contributed by atoms with Crippen LogP contribution in [0.25, 0.3) is 9.69 Å². The van der Waals surface area contributed by atoms with Gasteiger partial charge < -0.3 is 66.4 Å². The quantitative estimate of drug-likeness (QED) is 0.0748. The number of carbonyl (C=O) groups excluding carboxylic acids is 3. The smallest absolute Gasteiger partial charge is 1.00 e. The average Bonchev–Trinajstić information content (AvgIpc) is 4.04. The van der Waals surface area contributed by atoms with Crippen molar-refractivity contribution in [3.63, 3.8) is 0 Å². The first-order valence-corrected chi connectivity index (χ1v) is 20.5. The molecule has 0 spiro atoms. The van der Waals surface area contributed by atoms with Crippen LogP contribution in [-0.2, 0) is 34.8 Å². The molecular formula is C41H47B3F2N10NaO10. The van der Waals surface area contributed by atoms with E-state index < -0.39 is 60.9 Å². The van der Waals surface area contributed by atoms with Crippen molar-refractivity contribution in [3.8, 4) is 0 Å². The molecule has 2 amide bonds. The maximum Gasteiger partial charge on any atom is 1.00 e. The molecule has 3 radical (unpaired) electrons. The number of aromatic nitrogens is 4. The Morgan fingerprint density at radius 1 is 0.851 bits per heavy atom. The van der Waals surface area contributed by atoms with Gasteiger partial charge in [0.25, 0.3) is 11.8 Å². The predicted molar refractivity (Wildman–Crippen MR) is 237 cm³/mol. The number of rotatable bonds is 10. The number of ether oxygens (including phenoxy) is 3. The van der Waals surface area contributed by atoms with Crippen LogP contribution in [0.3, 0.4) is 0 Å². The minimum Gasteiger partial charge on any atom is -1.00 e. The van der Waals surface area contributed by atoms with E-state index in [-0.39, 0.29) is 121 Å². The third-order valence-corrected chi connectivity index (χ3v) is 12.0. The first kappa shape index (κ1) is 52.6. The second-order valence-corrected chi connectivity index (χ2v) is 16.7. The molecule has 4 atom stereocenters. The van der Waals surface area contributed by atoms with Crippen molar-refractivity contribution in [2.75, 3.05) is 44.2 Å². The molecule has 2 unspecified atom stereocenters. The Bertz CT molecular complexity index is 2600. The van der Waals surface area contributed by atoms with E-state index in [1.54, 1.807) is 0 Å². The second kappa shape index (κ2) is 21.3. The number of nitrogens with zero attached hydrogens (tertiary/aromatic N) is 6. The van der Waals surface area contributed by atoms with Gasteiger partial charge in [-0.05, 0) is 57.4 Å². The standard InChI is InChI=1S/C24H29BFN5O6.C17H17BFN5O4.B.Na.H/c1-23(2)24(3,4)37-25(36-23)15-9-13(10-16(26)19(15)22(33)34-6)29-21-14(20(27)32)11-31(30-21)18-12-35-8-7-17(18)28-5;1-21-14-2-3-27-8-15(14)24-6-10(16(20)25)17(23-24)22-9-4-12-11(13(19)5-9)7-28-18(12)26;;;/h9-11,17-18H,7-8,12H2,1-4,6H3,(H2,27,32)(H,29,30);4-6,14-15,26H,2-3,7-8H2,(H2,20,25)(H,22,23);;;/q;;;+1;-1/t17-,18?;14-,15?;;;/m00.../s1. The molecule has 6 heterocycles. The Labute approximate surface area is 410 Å². The molecule has 345 valence electrons. The van der Waals surface area contributed by atoms with Gasteiger partial charge in [0.2, 0.25) is 12.1 Å². The van der Waals surface area contributed by atoms with Crippen molar-refractivity contribution >= 4 is 74.4 Å². The number of methoxy groups -OCH3 is 1. The van der Waals surface area contributed by atoms with E-state index in [1.165, 1.54) is 40.0 Å². The monoisotopic (exact) mass is 933 g/mol. The molecule has 0 bridgehead atoms. The fourth-order valence-corrected chi connectivity index (χ4v) is 7.70. The minimum absolute atomic E-state index is 0. The van der Waals surface area contributed by atoms with Crippen LogP contribution >= 0.6 is 0 Å². The van der Waals surface area contributed by atoms with Crippen molar-refractivity contribution in [1.82, 2.24) is 19.6 Å². The van der Waals surface area contributed by atoms with Crippen LogP contribution < -0.4 is 62.6 Å². The Hall–Kier alpha value is -5.34. The van der Waals surface area contributed by atoms with Gasteiger partial charge in [-0.1, -0.05) is 0 Å². The molecule has 4 aliphatic rings. The molecule has 3 fully saturated rings. The van der Waals surface area contributed by atoms with E-state index >= 15 is 4.39 Å². The van der Waals surface area contributed by atoms with Gasteiger partial charge in [-0.15, -0.1) is 0 Å². The number of anilines is 4. The normalized spacial score (nSPS) is 21.2. The number of benzene rings is 2. The maximum atomic E-state index is 15.3. The van der Waals surface area contributed by atoms with Gasteiger partial charge in [0.05, 0.1) is 56.9 Å². The number of hydrogen-bond donors (Lipinski definition) is 5. The minimum atomic E-state index is -1.21. The summed E-state index contributed by atoms with van der Waals surface area (Å²) >= 11 is 0. The summed E-state index contributed by atoms with van der Waals surface area (Å²) in [5, 5.41) is 24.4. The fourth-order valence-electron chi connectivity index (χ4n) is 7.70. The summed E-state index contributed by atoms with van der Waals surface area (Å²) in [4.78, 5) is 43.8. The summed E-state index contributed by atoms with van der Waals surface area (Å²) in [5.74, 6) is -3.59. The number of amides is 2. The van der Waals surface area contributed by atoms with E-state index in [9.17, 15) is 23.8 Å². The molecule has 7 N–H and O–H groups in total. The van der Waals surface area contributed by atoms with Crippen molar-refractivity contribution < 1.29 is 87.3 Å². The maximum absolute atomic E-state index is 15.3. The third-order valence-electron chi connectivity index (χ3n) is 12.0. The van der Waals surface area contributed by atoms with E-state index in [0.29, 0.717) is 38.1 Å². The van der Waals surface area contributed by atoms with Crippen LogP contribution in [0.15, 0.2) is 36.7 Å². The van der Waals surface area contributed by atoms with Crippen LogP contribution in [0.2, 0.25) is 0 Å². The van der Waals surface area contributed by atoms with Gasteiger partial charge in [0.1, 0.15) is 34.8 Å². The SMILES string of the molecule is [B].[C-]#[N+][C@H]1CCOCC1n1cc(C(N)=O)c(Nc2cc(F)c(C(=O)OC)c(B3OC(C)(C)C(C)(C)O3)c2)n1.[C-]#[N+][C@H]1CCOCC1n1cc(C(N)=O)c(Nc2cc(F)c3c(c2)B(O)OC3)n1.[H-].[Na+]. The number of fused-ring (bicyclic) bond motifs is 1. The molecule has 8 rings (SSSR count). The number of primary amides is 2. The van der Waals surface area contributed by atoms with Crippen molar-refractivity contribution in [1.29, 1.82) is 0 Å². The molecule has 67 heavy (non-hydrogen) atoms. The van der Waals surface area contributed by atoms with Gasteiger partial charge in [-0.25, -0.2) is 26.7 Å². The number of esters is 1. The van der Waals surface area contributed by atoms with Crippen LogP contribution in [0, 0.1) is 24.8 Å². The zero-order valence-corrected chi connectivity index (χ0v) is 39.7. The molecular weight excluding hydrogens is 886 g/mol. The van der Waals surface area contributed by atoms with Crippen LogP contribution in [0.1, 0.15) is 90.7 Å². The number of hydrogen-bond acceptors (Lipinski definition) is 14. The molecule has 0 aliphatic carbocycles. The van der Waals surface area contributed by atoms with Gasteiger partial charge >= 0.3 is 49.8 Å². The number of nitrogens with one attached hydrogen (secondary N) is 2. The van der Waals surface area contributed by atoms with Crippen molar-refractivity contribution in [3.05, 3.63) is 93.4 Å². The zero-order chi connectivity index (χ0) is 47.0. The fraction of sp³-hybridized carbons (Fsp3) is 0.439. The van der Waals surface area contributed by atoms with E-state index in [2.05, 4.69) is 30.5 Å². The summed E-state index contributed by atoms with van der Waals surface area (Å²) in [6.45, 7) is 23.7. The van der Waals surface area contributed by atoms with Crippen molar-refractivity contribution in [2.24, 2.45) is 11.5 Å². The molecule has 0 saturated carbocycles. The second-order valence-electron chi connectivity index (χ2n) is 16.7. The van der Waals surface area contributed by atoms with E-state index in [4.69, 9.17) is 52.8 Å². The average molecular weight is 933 g/mol. The molecule has 2 aromatic heterocycles. The Morgan fingerprint density at radius 2 is 1.31 bits per heavy atom. The van der Waals surface area contributed by atoms with Crippen molar-refractivity contribution in [2.45, 2.75) is 82.5 Å². The molecule has 4 aliphatic heterocycles. The first-order valence-electron chi connectivity index (χ1n) is 20.5. The molecule has 2 aromatic carbocycles. The van der Waals surface area contributed by atoms with Gasteiger partial charge in [-0.3, -0.25) is 19.0 Å². The van der Waals surface area contributed by atoms with Crippen LogP contribution in [0.4, 0.5) is 31.8 Å². The summed E-state index contributed by atoms with van der Waals surface area (Å²) in [6, 6.07) is 3.84. The summed E-state index contributed by atoms with van der Waals surface area (Å²) in [5.41, 5.74) is 10.5. The summed E-state index contributed by atoms with van der Waals surface area (Å²) < 4.78 is 65.5.